The molecule has 10 heteroatoms. The number of amidine groups is 1. The zero-order valence-electron chi connectivity index (χ0n) is 21.0. The van der Waals surface area contributed by atoms with Crippen LogP contribution in [0.5, 0.6) is 0 Å². The van der Waals surface area contributed by atoms with E-state index in [9.17, 15) is 14.4 Å². The third-order valence-electron chi connectivity index (χ3n) is 5.97. The molecule has 0 radical (unpaired) electrons. The molecule has 0 bridgehead atoms. The average molecular weight is 540 g/mol. The van der Waals surface area contributed by atoms with Gasteiger partial charge in [-0.2, -0.15) is 5.10 Å². The first-order chi connectivity index (χ1) is 19.0. The zero-order chi connectivity index (χ0) is 27.2. The minimum atomic E-state index is -0.634. The molecule has 39 heavy (non-hydrogen) atoms. The summed E-state index contributed by atoms with van der Waals surface area (Å²) >= 11 is 1.16. The lowest BCUT2D eigenvalue weighted by molar-refractivity contribution is -0.122. The molecule has 9 nitrogen and oxygen atoms in total. The molecule has 0 saturated carbocycles. The number of ether oxygens (including phenoxy) is 1. The number of rotatable bonds is 8. The molecule has 0 unspecified atom stereocenters. The van der Waals surface area contributed by atoms with Crippen LogP contribution in [-0.4, -0.2) is 46.0 Å². The van der Waals surface area contributed by atoms with E-state index in [2.05, 4.69) is 25.8 Å². The number of amides is 2. The second-order valence-electron chi connectivity index (χ2n) is 8.62. The van der Waals surface area contributed by atoms with Crippen molar-refractivity contribution in [3.05, 3.63) is 90.0 Å². The normalized spacial score (nSPS) is 16.1. The standard InChI is InChI=1S/C29H25N5O4S/c1-2-38-28(37)19-12-14-20(15-13-19)31-25(35)16-24-27(36)33-29(39-24)34-30-17-22-21-10-6-7-11-23(21)32-26(22)18-8-4-3-5-9-18/h3-15,17,24,32H,2,16H2,1H3,(H,31,35)(H,33,34,36)/b30-17-/t24-/m1/s1. The molecule has 0 spiro atoms. The first kappa shape index (κ1) is 25.9. The van der Waals surface area contributed by atoms with Gasteiger partial charge >= 0.3 is 5.97 Å². The molecule has 3 N–H and O–H groups in total. The number of para-hydroxylation sites is 1. The number of fused-ring (bicyclic) bond motifs is 1. The van der Waals surface area contributed by atoms with Gasteiger partial charge in [0.15, 0.2) is 5.17 Å². The van der Waals surface area contributed by atoms with Gasteiger partial charge in [-0.3, -0.25) is 9.59 Å². The van der Waals surface area contributed by atoms with Crippen LogP contribution in [0.2, 0.25) is 0 Å². The highest BCUT2D eigenvalue weighted by molar-refractivity contribution is 8.15. The number of thioether (sulfide) groups is 1. The molecule has 1 aliphatic heterocycles. The molecule has 2 heterocycles. The monoisotopic (exact) mass is 539 g/mol. The quantitative estimate of drug-likeness (QED) is 0.166. The summed E-state index contributed by atoms with van der Waals surface area (Å²) in [5, 5.41) is 14.6. The molecular weight excluding hydrogens is 514 g/mol. The highest BCUT2D eigenvalue weighted by Crippen LogP contribution is 2.29. The van der Waals surface area contributed by atoms with Crippen molar-refractivity contribution < 1.29 is 19.1 Å². The number of carbonyl (C=O) groups excluding carboxylic acids is 3. The second kappa shape index (κ2) is 11.8. The van der Waals surface area contributed by atoms with Gasteiger partial charge < -0.3 is 20.4 Å². The van der Waals surface area contributed by atoms with Crippen molar-refractivity contribution >= 4 is 57.5 Å². The van der Waals surface area contributed by atoms with Crippen molar-refractivity contribution in [1.29, 1.82) is 0 Å². The number of hydrogen-bond donors (Lipinski definition) is 3. The Morgan fingerprint density at radius 1 is 1.03 bits per heavy atom. The third kappa shape index (κ3) is 6.07. The number of aromatic nitrogens is 1. The number of aromatic amines is 1. The summed E-state index contributed by atoms with van der Waals surface area (Å²) in [5.41, 5.74) is 4.73. The fraction of sp³-hybridized carbons (Fsp3) is 0.138. The van der Waals surface area contributed by atoms with Crippen LogP contribution >= 0.6 is 11.8 Å². The van der Waals surface area contributed by atoms with Gasteiger partial charge in [-0.1, -0.05) is 60.3 Å². The number of hydrogen-bond acceptors (Lipinski definition) is 7. The highest BCUT2D eigenvalue weighted by atomic mass is 32.2. The van der Waals surface area contributed by atoms with Gasteiger partial charge in [0.25, 0.3) is 0 Å². The molecule has 196 valence electrons. The van der Waals surface area contributed by atoms with Gasteiger partial charge in [0.2, 0.25) is 11.8 Å². The molecule has 1 saturated heterocycles. The number of nitrogens with zero attached hydrogens (tertiary/aromatic N) is 2. The summed E-state index contributed by atoms with van der Waals surface area (Å²) in [6, 6.07) is 24.3. The maximum Gasteiger partial charge on any atom is 0.338 e. The predicted octanol–water partition coefficient (Wildman–Crippen LogP) is 4.96. The Hall–Kier alpha value is -4.70. The van der Waals surface area contributed by atoms with Gasteiger partial charge in [0, 0.05) is 28.6 Å². The first-order valence-corrected chi connectivity index (χ1v) is 13.2. The summed E-state index contributed by atoms with van der Waals surface area (Å²) in [6.45, 7) is 2.02. The minimum absolute atomic E-state index is 0.0422. The lowest BCUT2D eigenvalue weighted by Crippen LogP contribution is -2.28. The van der Waals surface area contributed by atoms with Crippen molar-refractivity contribution in [2.75, 3.05) is 11.9 Å². The van der Waals surface area contributed by atoms with Crippen molar-refractivity contribution in [3.63, 3.8) is 0 Å². The van der Waals surface area contributed by atoms with Crippen LogP contribution in [0.15, 0.2) is 89.1 Å². The fourth-order valence-electron chi connectivity index (χ4n) is 4.14. The van der Waals surface area contributed by atoms with Crippen molar-refractivity contribution in [2.24, 2.45) is 10.2 Å². The molecule has 0 aliphatic carbocycles. The summed E-state index contributed by atoms with van der Waals surface area (Å²) in [6.07, 6.45) is 1.63. The summed E-state index contributed by atoms with van der Waals surface area (Å²) in [5.74, 6) is -1.06. The second-order valence-corrected chi connectivity index (χ2v) is 9.81. The van der Waals surface area contributed by atoms with Crippen LogP contribution in [-0.2, 0) is 14.3 Å². The Labute approximate surface area is 228 Å². The molecule has 1 aromatic heterocycles. The van der Waals surface area contributed by atoms with Crippen molar-refractivity contribution in [2.45, 2.75) is 18.6 Å². The number of carbonyl (C=O) groups is 3. The molecule has 1 fully saturated rings. The van der Waals surface area contributed by atoms with Crippen LogP contribution in [0.3, 0.4) is 0 Å². The lowest BCUT2D eigenvalue weighted by Gasteiger charge is -2.08. The van der Waals surface area contributed by atoms with E-state index in [1.165, 1.54) is 0 Å². The SMILES string of the molecule is CCOC(=O)c1ccc(NC(=O)C[C@H]2S/C(=N\N=C/c3c(-c4ccccc4)[nH]c4ccccc34)NC2=O)cc1. The van der Waals surface area contributed by atoms with E-state index in [0.29, 0.717) is 16.4 Å². The Morgan fingerprint density at radius 3 is 2.54 bits per heavy atom. The molecule has 1 aliphatic rings. The van der Waals surface area contributed by atoms with E-state index >= 15 is 0 Å². The Morgan fingerprint density at radius 2 is 1.77 bits per heavy atom. The maximum absolute atomic E-state index is 12.5. The first-order valence-electron chi connectivity index (χ1n) is 12.3. The van der Waals surface area contributed by atoms with E-state index in [0.717, 1.165) is 39.5 Å². The van der Waals surface area contributed by atoms with E-state index < -0.39 is 11.2 Å². The van der Waals surface area contributed by atoms with E-state index in [1.54, 1.807) is 37.4 Å². The van der Waals surface area contributed by atoms with Crippen molar-refractivity contribution in [1.82, 2.24) is 10.3 Å². The maximum atomic E-state index is 12.5. The van der Waals surface area contributed by atoms with E-state index in [4.69, 9.17) is 4.74 Å². The number of H-pyrrole nitrogens is 1. The zero-order valence-corrected chi connectivity index (χ0v) is 21.8. The number of esters is 1. The van der Waals surface area contributed by atoms with Crippen LogP contribution in [0.1, 0.15) is 29.3 Å². The fourth-order valence-corrected chi connectivity index (χ4v) is 5.06. The number of benzene rings is 3. The number of nitrogens with one attached hydrogen (secondary N) is 3. The van der Waals surface area contributed by atoms with E-state index in [1.807, 2.05) is 54.6 Å². The third-order valence-corrected chi connectivity index (χ3v) is 7.04. The van der Waals surface area contributed by atoms with Gasteiger partial charge in [-0.15, -0.1) is 5.10 Å². The molecular formula is C29H25N5O4S. The van der Waals surface area contributed by atoms with Crippen LogP contribution in [0, 0.1) is 0 Å². The van der Waals surface area contributed by atoms with Gasteiger partial charge in [0.1, 0.15) is 5.25 Å². The number of anilines is 1. The van der Waals surface area contributed by atoms with Crippen LogP contribution < -0.4 is 10.6 Å². The van der Waals surface area contributed by atoms with Crippen LogP contribution in [0.4, 0.5) is 5.69 Å². The Balaban J connectivity index is 1.24. The lowest BCUT2D eigenvalue weighted by atomic mass is 10.1. The predicted molar refractivity (Wildman–Crippen MR) is 154 cm³/mol. The van der Waals surface area contributed by atoms with Gasteiger partial charge in [-0.25, -0.2) is 4.79 Å². The summed E-state index contributed by atoms with van der Waals surface area (Å²) in [4.78, 5) is 40.2. The molecule has 2 amide bonds. The molecule has 1 atom stereocenters. The molecule has 3 aromatic carbocycles. The summed E-state index contributed by atoms with van der Waals surface area (Å²) in [7, 11) is 0. The van der Waals surface area contributed by atoms with Crippen LogP contribution in [0.25, 0.3) is 22.2 Å². The topological polar surface area (TPSA) is 125 Å². The van der Waals surface area contributed by atoms with Crippen molar-refractivity contribution in [3.8, 4) is 11.3 Å². The Kier molecular flexibility index (Phi) is 7.83. The van der Waals surface area contributed by atoms with Gasteiger partial charge in [-0.05, 0) is 42.8 Å². The summed E-state index contributed by atoms with van der Waals surface area (Å²) < 4.78 is 4.96. The molecule has 5 rings (SSSR count). The molecule has 4 aromatic rings. The van der Waals surface area contributed by atoms with Gasteiger partial charge in [0.05, 0.1) is 24.1 Å². The smallest absolute Gasteiger partial charge is 0.338 e. The minimum Gasteiger partial charge on any atom is -0.462 e. The Bertz CT molecular complexity index is 1580. The highest BCUT2D eigenvalue weighted by Gasteiger charge is 2.32. The average Bonchev–Trinajstić information content (AvgIpc) is 3.49. The largest absolute Gasteiger partial charge is 0.462 e. The van der Waals surface area contributed by atoms with E-state index in [-0.39, 0.29) is 24.8 Å².